The van der Waals surface area contributed by atoms with Crippen molar-refractivity contribution in [2.45, 2.75) is 5.41 Å². The van der Waals surface area contributed by atoms with Crippen molar-refractivity contribution in [3.8, 4) is 11.8 Å². The third kappa shape index (κ3) is 2.13. The molecule has 3 aromatic rings. The fourth-order valence-corrected chi connectivity index (χ4v) is 4.76. The molecule has 8 heteroatoms. The van der Waals surface area contributed by atoms with E-state index in [0.29, 0.717) is 34.1 Å². The van der Waals surface area contributed by atoms with Crippen LogP contribution in [0.2, 0.25) is 0 Å². The molecule has 1 aromatic heterocycles. The number of carbonyl (C=O) groups excluding carboxylic acids is 1. The van der Waals surface area contributed by atoms with E-state index >= 15 is 0 Å². The van der Waals surface area contributed by atoms with Crippen LogP contribution in [-0.4, -0.2) is 17.8 Å². The molecule has 2 N–H and O–H groups in total. The lowest BCUT2D eigenvalue weighted by molar-refractivity contribution is -0.120. The smallest absolute Gasteiger partial charge is 0.345 e. The van der Waals surface area contributed by atoms with Crippen LogP contribution < -0.4 is 21.0 Å². The van der Waals surface area contributed by atoms with Crippen LogP contribution >= 0.6 is 15.9 Å². The molecule has 0 bridgehead atoms. The highest BCUT2D eigenvalue weighted by Gasteiger charge is 2.61. The summed E-state index contributed by atoms with van der Waals surface area (Å²) in [5, 5.41) is 11.0. The Labute approximate surface area is 179 Å². The Hall–Kier alpha value is -3.57. The summed E-state index contributed by atoms with van der Waals surface area (Å²) in [5.41, 5.74) is 4.97. The van der Waals surface area contributed by atoms with Crippen LogP contribution in [0.5, 0.6) is 5.75 Å². The van der Waals surface area contributed by atoms with Gasteiger partial charge in [-0.3, -0.25) is 4.79 Å². The number of rotatable bonds is 2. The lowest BCUT2D eigenvalue weighted by atomic mass is 9.69. The number of anilines is 1. The molecule has 0 saturated heterocycles. The number of nitrogens with two attached hydrogens (primary N) is 1. The number of nitrogens with zero attached hydrogens (tertiary/aromatic N) is 2. The Bertz CT molecular complexity index is 1370. The minimum Gasteiger partial charge on any atom is -0.439 e. The van der Waals surface area contributed by atoms with E-state index in [2.05, 4.69) is 15.9 Å². The molecule has 1 amide bonds. The van der Waals surface area contributed by atoms with Crippen molar-refractivity contribution < 1.29 is 13.9 Å². The molecule has 1 atom stereocenters. The van der Waals surface area contributed by atoms with Gasteiger partial charge in [-0.05, 0) is 18.2 Å². The molecule has 5 rings (SSSR count). The molecule has 30 heavy (non-hydrogen) atoms. The zero-order valence-corrected chi connectivity index (χ0v) is 17.1. The van der Waals surface area contributed by atoms with Gasteiger partial charge in [0.25, 0.3) is 0 Å². The van der Waals surface area contributed by atoms with Gasteiger partial charge in [-0.15, -0.1) is 0 Å². The van der Waals surface area contributed by atoms with Crippen molar-refractivity contribution in [2.24, 2.45) is 5.73 Å². The molecule has 7 nitrogen and oxygen atoms in total. The van der Waals surface area contributed by atoms with Crippen molar-refractivity contribution in [2.75, 3.05) is 16.8 Å². The summed E-state index contributed by atoms with van der Waals surface area (Å²) in [6.45, 7) is 0.352. The Balaban J connectivity index is 1.99. The summed E-state index contributed by atoms with van der Waals surface area (Å²) < 4.78 is 11.3. The van der Waals surface area contributed by atoms with Gasteiger partial charge in [0.05, 0.1) is 5.39 Å². The monoisotopic (exact) mass is 463 g/mol. The zero-order chi connectivity index (χ0) is 21.0. The second-order valence-electron chi connectivity index (χ2n) is 6.96. The number of halogens is 1. The number of amides is 1. The van der Waals surface area contributed by atoms with Crippen LogP contribution in [0, 0.1) is 11.3 Å². The first-order valence-electron chi connectivity index (χ1n) is 9.17. The Morgan fingerprint density at radius 1 is 1.13 bits per heavy atom. The normalized spacial score (nSPS) is 19.6. The van der Waals surface area contributed by atoms with Gasteiger partial charge >= 0.3 is 5.63 Å². The maximum Gasteiger partial charge on any atom is 0.345 e. The fraction of sp³-hybridized carbons (Fsp3) is 0.136. The molecule has 2 aromatic carbocycles. The van der Waals surface area contributed by atoms with E-state index in [9.17, 15) is 14.9 Å². The van der Waals surface area contributed by atoms with E-state index in [0.717, 1.165) is 0 Å². The first-order valence-corrected chi connectivity index (χ1v) is 10.3. The molecule has 0 fully saturated rings. The predicted octanol–water partition coefficient (Wildman–Crippen LogP) is 2.91. The fourth-order valence-electron chi connectivity index (χ4n) is 4.40. The zero-order valence-electron chi connectivity index (χ0n) is 15.5. The van der Waals surface area contributed by atoms with Crippen LogP contribution in [0.4, 0.5) is 5.69 Å². The molecule has 2 aliphatic rings. The van der Waals surface area contributed by atoms with Crippen molar-refractivity contribution in [3.05, 3.63) is 81.5 Å². The second kappa shape index (κ2) is 6.47. The van der Waals surface area contributed by atoms with Crippen molar-refractivity contribution in [3.63, 3.8) is 0 Å². The van der Waals surface area contributed by atoms with Crippen LogP contribution in [0.1, 0.15) is 11.1 Å². The van der Waals surface area contributed by atoms with Crippen LogP contribution in [0.3, 0.4) is 0 Å². The Morgan fingerprint density at radius 3 is 2.63 bits per heavy atom. The summed E-state index contributed by atoms with van der Waals surface area (Å²) in [7, 11) is 0. The van der Waals surface area contributed by atoms with Gasteiger partial charge in [0.2, 0.25) is 11.8 Å². The van der Waals surface area contributed by atoms with Crippen molar-refractivity contribution in [1.29, 1.82) is 5.26 Å². The van der Waals surface area contributed by atoms with Gasteiger partial charge in [-0.25, -0.2) is 4.79 Å². The summed E-state index contributed by atoms with van der Waals surface area (Å²) in [4.78, 5) is 28.7. The third-order valence-electron chi connectivity index (χ3n) is 5.56. The maximum absolute atomic E-state index is 13.9. The molecule has 2 aliphatic heterocycles. The minimum atomic E-state index is -1.73. The molecule has 1 unspecified atom stereocenters. The van der Waals surface area contributed by atoms with Gasteiger partial charge in [0.15, 0.2) is 11.2 Å². The van der Waals surface area contributed by atoms with E-state index in [1.165, 1.54) is 0 Å². The number of alkyl halides is 1. The average molecular weight is 464 g/mol. The van der Waals surface area contributed by atoms with Crippen molar-refractivity contribution >= 4 is 38.5 Å². The number of ether oxygens (including phenoxy) is 1. The number of fused-ring (bicyclic) bond motifs is 6. The predicted molar refractivity (Wildman–Crippen MR) is 113 cm³/mol. The molecule has 3 heterocycles. The Morgan fingerprint density at radius 2 is 1.87 bits per heavy atom. The van der Waals surface area contributed by atoms with Crippen LogP contribution in [0.25, 0.3) is 11.0 Å². The average Bonchev–Trinajstić information content (AvgIpc) is 2.98. The second-order valence-corrected chi connectivity index (χ2v) is 7.75. The van der Waals surface area contributed by atoms with Gasteiger partial charge in [0, 0.05) is 23.1 Å². The molecule has 0 aliphatic carbocycles. The molecule has 1 spiro atoms. The molecule has 148 valence electrons. The Kier molecular flexibility index (Phi) is 3.98. The molecular formula is C22H14BrN3O4. The van der Waals surface area contributed by atoms with Gasteiger partial charge in [0.1, 0.15) is 22.8 Å². The van der Waals surface area contributed by atoms with E-state index in [4.69, 9.17) is 14.9 Å². The third-order valence-corrected chi connectivity index (χ3v) is 5.91. The summed E-state index contributed by atoms with van der Waals surface area (Å²) in [5.74, 6) is -0.499. The topological polar surface area (TPSA) is 110 Å². The summed E-state index contributed by atoms with van der Waals surface area (Å²) in [6, 6.07) is 15.9. The number of benzene rings is 2. The van der Waals surface area contributed by atoms with E-state index in [-0.39, 0.29) is 22.8 Å². The van der Waals surface area contributed by atoms with E-state index in [1.807, 2.05) is 6.07 Å². The number of carbonyl (C=O) groups is 1. The molecule has 0 radical (unpaired) electrons. The first-order chi connectivity index (χ1) is 14.6. The lowest BCUT2D eigenvalue weighted by Gasteiger charge is -2.33. The lowest BCUT2D eigenvalue weighted by Crippen LogP contribution is -2.48. The van der Waals surface area contributed by atoms with Gasteiger partial charge in [-0.2, -0.15) is 5.26 Å². The molecular weight excluding hydrogens is 450 g/mol. The SMILES string of the molecule is N#CC1=C(N)Oc2c(c(=O)oc3ccccc23)C12C(=O)N(CCBr)c1ccccc12. The largest absolute Gasteiger partial charge is 0.439 e. The van der Waals surface area contributed by atoms with Gasteiger partial charge < -0.3 is 19.8 Å². The molecule has 0 saturated carbocycles. The standard InChI is InChI=1S/C22H14BrN3O4/c23-9-10-26-15-7-3-2-6-13(15)22(21(26)28)14(11-24)19(25)30-18-12-5-1-4-8-16(12)29-20(27)17(18)22/h1-8H,9-10,25H2. The quantitative estimate of drug-likeness (QED) is 0.462. The van der Waals surface area contributed by atoms with Crippen LogP contribution in [-0.2, 0) is 10.2 Å². The highest BCUT2D eigenvalue weighted by atomic mass is 79.9. The first kappa shape index (κ1) is 18.5. The summed E-state index contributed by atoms with van der Waals surface area (Å²) >= 11 is 3.37. The van der Waals surface area contributed by atoms with Crippen molar-refractivity contribution in [1.82, 2.24) is 0 Å². The van der Waals surface area contributed by atoms with Gasteiger partial charge in [-0.1, -0.05) is 46.3 Å². The number of hydrogen-bond donors (Lipinski definition) is 1. The number of nitriles is 1. The highest BCUT2D eigenvalue weighted by Crippen LogP contribution is 2.55. The van der Waals surface area contributed by atoms with E-state index < -0.39 is 16.9 Å². The number of hydrogen-bond acceptors (Lipinski definition) is 6. The summed E-state index contributed by atoms with van der Waals surface area (Å²) in [6.07, 6.45) is 0. The van der Waals surface area contributed by atoms with Crippen LogP contribution in [0.15, 0.2) is 69.2 Å². The number of para-hydroxylation sites is 2. The minimum absolute atomic E-state index is 0.0264. The van der Waals surface area contributed by atoms with E-state index in [1.54, 1.807) is 53.4 Å². The maximum atomic E-state index is 13.9. The highest BCUT2D eigenvalue weighted by molar-refractivity contribution is 9.09.